The molecule has 1 saturated carbocycles. The zero-order valence-corrected chi connectivity index (χ0v) is 17.4. The predicted octanol–water partition coefficient (Wildman–Crippen LogP) is 4.25. The van der Waals surface area contributed by atoms with Gasteiger partial charge in [-0.05, 0) is 43.2 Å². The Labute approximate surface area is 174 Å². The average Bonchev–Trinajstić information content (AvgIpc) is 2.80. The maximum Gasteiger partial charge on any atom is 0.134 e. The standard InChI is InChI=1S/C24H33N5/c1-2-8-21(9-3-1)27-23-16-24(26-18-25-23)28-14-11-22(12-15-28)29-13-10-19-6-4-5-7-20(19)17-29/h4-7,16,18,21-22H,1-3,8-15,17H2,(H,25,26,27). The van der Waals surface area contributed by atoms with Gasteiger partial charge in [-0.3, -0.25) is 4.90 Å². The molecule has 0 amide bonds. The molecule has 0 spiro atoms. The second-order valence-electron chi connectivity index (χ2n) is 8.95. The number of anilines is 2. The lowest BCUT2D eigenvalue weighted by Gasteiger charge is -2.41. The van der Waals surface area contributed by atoms with E-state index in [-0.39, 0.29) is 0 Å². The molecule has 1 aliphatic carbocycles. The van der Waals surface area contributed by atoms with Gasteiger partial charge >= 0.3 is 0 Å². The number of fused-ring (bicyclic) bond motifs is 1. The second-order valence-corrected chi connectivity index (χ2v) is 8.95. The number of piperidine rings is 1. The van der Waals surface area contributed by atoms with Crippen molar-refractivity contribution in [3.63, 3.8) is 0 Å². The van der Waals surface area contributed by atoms with Crippen LogP contribution in [0.25, 0.3) is 0 Å². The maximum absolute atomic E-state index is 4.58. The topological polar surface area (TPSA) is 44.3 Å². The minimum Gasteiger partial charge on any atom is -0.367 e. The molecule has 3 aliphatic rings. The number of nitrogens with one attached hydrogen (secondary N) is 1. The summed E-state index contributed by atoms with van der Waals surface area (Å²) in [5.41, 5.74) is 3.07. The molecule has 29 heavy (non-hydrogen) atoms. The summed E-state index contributed by atoms with van der Waals surface area (Å²) in [4.78, 5) is 14.2. The summed E-state index contributed by atoms with van der Waals surface area (Å²) in [5.74, 6) is 2.08. The van der Waals surface area contributed by atoms with Gasteiger partial charge in [0, 0.05) is 44.3 Å². The van der Waals surface area contributed by atoms with Crippen molar-refractivity contribution in [2.75, 3.05) is 29.9 Å². The van der Waals surface area contributed by atoms with E-state index in [1.165, 1.54) is 63.5 Å². The minimum absolute atomic E-state index is 0.583. The van der Waals surface area contributed by atoms with E-state index in [1.807, 2.05) is 0 Å². The summed E-state index contributed by atoms with van der Waals surface area (Å²) < 4.78 is 0. The van der Waals surface area contributed by atoms with Crippen molar-refractivity contribution < 1.29 is 0 Å². The van der Waals surface area contributed by atoms with Crippen molar-refractivity contribution >= 4 is 11.6 Å². The molecule has 2 fully saturated rings. The first-order valence-electron chi connectivity index (χ1n) is 11.5. The van der Waals surface area contributed by atoms with Gasteiger partial charge < -0.3 is 10.2 Å². The predicted molar refractivity (Wildman–Crippen MR) is 118 cm³/mol. The Bertz CT molecular complexity index is 808. The van der Waals surface area contributed by atoms with Crippen LogP contribution in [0.2, 0.25) is 0 Å². The molecule has 5 heteroatoms. The largest absolute Gasteiger partial charge is 0.367 e. The highest BCUT2D eigenvalue weighted by atomic mass is 15.2. The summed E-state index contributed by atoms with van der Waals surface area (Å²) in [6.07, 6.45) is 12.0. The molecule has 5 rings (SSSR count). The zero-order valence-electron chi connectivity index (χ0n) is 17.4. The van der Waals surface area contributed by atoms with Crippen LogP contribution in [0.4, 0.5) is 11.6 Å². The maximum atomic E-state index is 4.58. The Morgan fingerprint density at radius 3 is 2.48 bits per heavy atom. The van der Waals surface area contributed by atoms with Crippen molar-refractivity contribution in [3.05, 3.63) is 47.8 Å². The first-order valence-corrected chi connectivity index (χ1v) is 11.5. The monoisotopic (exact) mass is 391 g/mol. The van der Waals surface area contributed by atoms with E-state index in [4.69, 9.17) is 0 Å². The highest BCUT2D eigenvalue weighted by molar-refractivity contribution is 5.49. The van der Waals surface area contributed by atoms with E-state index in [9.17, 15) is 0 Å². The number of hydrogen-bond donors (Lipinski definition) is 1. The zero-order chi connectivity index (χ0) is 19.5. The first kappa shape index (κ1) is 18.9. The van der Waals surface area contributed by atoms with Crippen LogP contribution < -0.4 is 10.2 Å². The van der Waals surface area contributed by atoms with Crippen LogP contribution >= 0.6 is 0 Å². The van der Waals surface area contributed by atoms with Gasteiger partial charge in [0.05, 0.1) is 0 Å². The third-order valence-corrected chi connectivity index (χ3v) is 7.07. The van der Waals surface area contributed by atoms with Crippen LogP contribution in [0, 0.1) is 0 Å². The van der Waals surface area contributed by atoms with Gasteiger partial charge in [0.25, 0.3) is 0 Å². The number of hydrogen-bond acceptors (Lipinski definition) is 5. The van der Waals surface area contributed by atoms with E-state index < -0.39 is 0 Å². The number of benzene rings is 1. The van der Waals surface area contributed by atoms with Gasteiger partial charge in [0.2, 0.25) is 0 Å². The van der Waals surface area contributed by atoms with Gasteiger partial charge in [-0.25, -0.2) is 9.97 Å². The third kappa shape index (κ3) is 4.40. The van der Waals surface area contributed by atoms with Crippen molar-refractivity contribution in [2.24, 2.45) is 0 Å². The van der Waals surface area contributed by atoms with Crippen LogP contribution in [-0.2, 0) is 13.0 Å². The van der Waals surface area contributed by atoms with Crippen LogP contribution in [0.1, 0.15) is 56.1 Å². The summed E-state index contributed by atoms with van der Waals surface area (Å²) in [6.45, 7) is 4.49. The van der Waals surface area contributed by atoms with E-state index in [1.54, 1.807) is 11.9 Å². The highest BCUT2D eigenvalue weighted by Gasteiger charge is 2.28. The van der Waals surface area contributed by atoms with Crippen LogP contribution in [0.15, 0.2) is 36.7 Å². The summed E-state index contributed by atoms with van der Waals surface area (Å²) in [7, 11) is 0. The van der Waals surface area contributed by atoms with Gasteiger partial charge in [0.1, 0.15) is 18.0 Å². The molecular formula is C24H33N5. The number of rotatable bonds is 4. The molecule has 2 aliphatic heterocycles. The molecule has 1 aromatic carbocycles. The smallest absolute Gasteiger partial charge is 0.134 e. The summed E-state index contributed by atoms with van der Waals surface area (Å²) in [6, 6.07) is 12.4. The Morgan fingerprint density at radius 1 is 0.862 bits per heavy atom. The van der Waals surface area contributed by atoms with E-state index in [0.29, 0.717) is 12.1 Å². The van der Waals surface area contributed by atoms with Gasteiger partial charge in [-0.15, -0.1) is 0 Å². The Morgan fingerprint density at radius 2 is 1.66 bits per heavy atom. The quantitative estimate of drug-likeness (QED) is 0.844. The van der Waals surface area contributed by atoms with Crippen molar-refractivity contribution in [1.82, 2.24) is 14.9 Å². The normalized spacial score (nSPS) is 21.7. The molecule has 3 heterocycles. The fraction of sp³-hybridized carbons (Fsp3) is 0.583. The van der Waals surface area contributed by atoms with E-state index in [0.717, 1.165) is 31.3 Å². The molecule has 0 atom stereocenters. The van der Waals surface area contributed by atoms with Crippen LogP contribution in [0.5, 0.6) is 0 Å². The third-order valence-electron chi connectivity index (χ3n) is 7.07. The molecule has 1 aromatic heterocycles. The molecule has 0 radical (unpaired) electrons. The number of aromatic nitrogens is 2. The highest BCUT2D eigenvalue weighted by Crippen LogP contribution is 2.27. The fourth-order valence-electron chi connectivity index (χ4n) is 5.34. The van der Waals surface area contributed by atoms with E-state index >= 15 is 0 Å². The lowest BCUT2D eigenvalue weighted by Crippen LogP contribution is -2.46. The average molecular weight is 392 g/mol. The van der Waals surface area contributed by atoms with Crippen LogP contribution in [-0.4, -0.2) is 46.6 Å². The molecule has 0 bridgehead atoms. The second kappa shape index (κ2) is 8.70. The van der Waals surface area contributed by atoms with E-state index in [2.05, 4.69) is 55.4 Å². The van der Waals surface area contributed by atoms with Gasteiger partial charge in [-0.1, -0.05) is 43.5 Å². The van der Waals surface area contributed by atoms with Crippen molar-refractivity contribution in [1.29, 1.82) is 0 Å². The minimum atomic E-state index is 0.583. The number of nitrogens with zero attached hydrogens (tertiary/aromatic N) is 4. The van der Waals surface area contributed by atoms with Crippen molar-refractivity contribution in [3.8, 4) is 0 Å². The van der Waals surface area contributed by atoms with Crippen LogP contribution in [0.3, 0.4) is 0 Å². The molecule has 5 nitrogen and oxygen atoms in total. The molecule has 154 valence electrons. The lowest BCUT2D eigenvalue weighted by molar-refractivity contribution is 0.153. The Balaban J connectivity index is 1.17. The summed E-state index contributed by atoms with van der Waals surface area (Å²) in [5, 5.41) is 3.64. The van der Waals surface area contributed by atoms with Gasteiger partial charge in [-0.2, -0.15) is 0 Å². The molecule has 1 saturated heterocycles. The summed E-state index contributed by atoms with van der Waals surface area (Å²) >= 11 is 0. The molecule has 1 N–H and O–H groups in total. The molecule has 2 aromatic rings. The first-order chi connectivity index (χ1) is 14.3. The fourth-order valence-corrected chi connectivity index (χ4v) is 5.34. The SMILES string of the molecule is c1ccc2c(c1)CCN(C1CCN(c3cc(NC4CCCCC4)ncn3)CC1)C2. The van der Waals surface area contributed by atoms with Crippen molar-refractivity contribution in [2.45, 2.75) is 70.0 Å². The van der Waals surface area contributed by atoms with Gasteiger partial charge in [0.15, 0.2) is 0 Å². The molecular weight excluding hydrogens is 358 g/mol. The lowest BCUT2D eigenvalue weighted by atomic mass is 9.95. The Hall–Kier alpha value is -2.14. The Kier molecular flexibility index (Phi) is 5.66. The molecule has 0 unspecified atom stereocenters.